The number of hydrogen-bond donors (Lipinski definition) is 2. The van der Waals surface area contributed by atoms with Crippen molar-refractivity contribution in [2.24, 2.45) is 0 Å². The second-order valence-corrected chi connectivity index (χ2v) is 6.44. The number of halogens is 1. The van der Waals surface area contributed by atoms with Crippen molar-refractivity contribution in [3.8, 4) is 17.6 Å². The van der Waals surface area contributed by atoms with Crippen LogP contribution in [-0.4, -0.2) is 24.2 Å². The quantitative estimate of drug-likeness (QED) is 0.620. The van der Waals surface area contributed by atoms with Gasteiger partial charge in [-0.3, -0.25) is 4.79 Å². The fraction of sp³-hybridized carbons (Fsp3) is 0.412. The molecule has 2 rings (SSSR count). The third-order valence-corrected chi connectivity index (χ3v) is 4.35. The Balaban J connectivity index is 2.23. The monoisotopic (exact) mass is 378 g/mol. The zero-order valence-electron chi connectivity index (χ0n) is 12.9. The molecule has 2 N–H and O–H groups in total. The summed E-state index contributed by atoms with van der Waals surface area (Å²) in [5.41, 5.74) is 0.317. The van der Waals surface area contributed by atoms with E-state index in [4.69, 9.17) is 4.74 Å². The van der Waals surface area contributed by atoms with E-state index in [1.54, 1.807) is 12.1 Å². The maximum absolute atomic E-state index is 12.3. The molecule has 122 valence electrons. The molecule has 0 saturated heterocycles. The molecule has 1 aromatic rings. The number of aromatic hydroxyl groups is 1. The van der Waals surface area contributed by atoms with E-state index in [-0.39, 0.29) is 23.1 Å². The zero-order valence-corrected chi connectivity index (χ0v) is 14.5. The van der Waals surface area contributed by atoms with Crippen molar-refractivity contribution in [3.05, 3.63) is 27.7 Å². The number of ether oxygens (including phenoxy) is 1. The van der Waals surface area contributed by atoms with Gasteiger partial charge in [-0.2, -0.15) is 5.26 Å². The first-order valence-electron chi connectivity index (χ1n) is 7.54. The number of rotatable bonds is 4. The van der Waals surface area contributed by atoms with Gasteiger partial charge in [0.15, 0.2) is 11.5 Å². The van der Waals surface area contributed by atoms with Gasteiger partial charge in [-0.1, -0.05) is 35.2 Å². The number of phenols is 1. The molecular formula is C17H19BrN2O3. The van der Waals surface area contributed by atoms with Gasteiger partial charge in [-0.25, -0.2) is 0 Å². The highest BCUT2D eigenvalue weighted by Crippen LogP contribution is 2.34. The van der Waals surface area contributed by atoms with E-state index in [2.05, 4.69) is 21.2 Å². The number of benzene rings is 1. The van der Waals surface area contributed by atoms with E-state index in [9.17, 15) is 15.2 Å². The lowest BCUT2D eigenvalue weighted by Crippen LogP contribution is -2.36. The third kappa shape index (κ3) is 4.49. The molecule has 23 heavy (non-hydrogen) atoms. The molecule has 0 aromatic heterocycles. The molecule has 6 heteroatoms. The topological polar surface area (TPSA) is 82.3 Å². The SMILES string of the molecule is COc1cc(Br)cc(/C=C(\C#N)C(=O)NC2CCCCC2)c1O. The maximum atomic E-state index is 12.3. The molecule has 0 heterocycles. The highest BCUT2D eigenvalue weighted by atomic mass is 79.9. The lowest BCUT2D eigenvalue weighted by Gasteiger charge is -2.22. The third-order valence-electron chi connectivity index (χ3n) is 3.89. The van der Waals surface area contributed by atoms with E-state index in [0.717, 1.165) is 25.7 Å². The Bertz CT molecular complexity index is 659. The molecular weight excluding hydrogens is 360 g/mol. The molecule has 1 aliphatic rings. The Kier molecular flexibility index (Phi) is 6.05. The number of phenolic OH excluding ortho intramolecular Hbond substituents is 1. The molecule has 1 saturated carbocycles. The van der Waals surface area contributed by atoms with Crippen molar-refractivity contribution >= 4 is 27.9 Å². The van der Waals surface area contributed by atoms with Crippen LogP contribution in [0.5, 0.6) is 11.5 Å². The average Bonchev–Trinajstić information content (AvgIpc) is 2.55. The van der Waals surface area contributed by atoms with Gasteiger partial charge in [0, 0.05) is 16.1 Å². The number of amides is 1. The van der Waals surface area contributed by atoms with Crippen molar-refractivity contribution < 1.29 is 14.6 Å². The van der Waals surface area contributed by atoms with Crippen LogP contribution in [0.3, 0.4) is 0 Å². The van der Waals surface area contributed by atoms with Crippen LogP contribution in [0.15, 0.2) is 22.2 Å². The summed E-state index contributed by atoms with van der Waals surface area (Å²) in [5.74, 6) is -0.234. The second kappa shape index (κ2) is 8.02. The molecule has 0 spiro atoms. The first kappa shape index (κ1) is 17.4. The van der Waals surface area contributed by atoms with Crippen LogP contribution in [0.25, 0.3) is 6.08 Å². The van der Waals surface area contributed by atoms with Gasteiger partial charge in [0.2, 0.25) is 0 Å². The number of nitrogens with zero attached hydrogens (tertiary/aromatic N) is 1. The van der Waals surface area contributed by atoms with Crippen LogP contribution in [0.4, 0.5) is 0 Å². The number of nitriles is 1. The fourth-order valence-electron chi connectivity index (χ4n) is 2.67. The van der Waals surface area contributed by atoms with Crippen LogP contribution >= 0.6 is 15.9 Å². The van der Waals surface area contributed by atoms with E-state index < -0.39 is 5.91 Å². The van der Waals surface area contributed by atoms with Crippen molar-refractivity contribution in [2.75, 3.05) is 7.11 Å². The Morgan fingerprint density at radius 1 is 1.43 bits per heavy atom. The van der Waals surface area contributed by atoms with Crippen LogP contribution < -0.4 is 10.1 Å². The van der Waals surface area contributed by atoms with Gasteiger partial charge >= 0.3 is 0 Å². The number of carbonyl (C=O) groups is 1. The summed E-state index contributed by atoms with van der Waals surface area (Å²) in [5, 5.41) is 22.3. The summed E-state index contributed by atoms with van der Waals surface area (Å²) < 4.78 is 5.75. The molecule has 0 bridgehead atoms. The van der Waals surface area contributed by atoms with Crippen LogP contribution in [-0.2, 0) is 4.79 Å². The normalized spacial score (nSPS) is 15.8. The molecule has 0 unspecified atom stereocenters. The number of hydrogen-bond acceptors (Lipinski definition) is 4. The highest BCUT2D eigenvalue weighted by Gasteiger charge is 2.19. The van der Waals surface area contributed by atoms with Crippen molar-refractivity contribution in [2.45, 2.75) is 38.1 Å². The minimum atomic E-state index is -0.405. The van der Waals surface area contributed by atoms with Crippen LogP contribution in [0.1, 0.15) is 37.7 Å². The summed E-state index contributed by atoms with van der Waals surface area (Å²) in [4.78, 5) is 12.3. The molecule has 0 atom stereocenters. The molecule has 1 aliphatic carbocycles. The second-order valence-electron chi connectivity index (χ2n) is 5.52. The largest absolute Gasteiger partial charge is 0.504 e. The Hall–Kier alpha value is -2.00. The molecule has 1 fully saturated rings. The lowest BCUT2D eigenvalue weighted by molar-refractivity contribution is -0.117. The molecule has 0 aliphatic heterocycles. The Morgan fingerprint density at radius 2 is 2.13 bits per heavy atom. The molecule has 0 radical (unpaired) electrons. The zero-order chi connectivity index (χ0) is 16.8. The van der Waals surface area contributed by atoms with E-state index in [1.165, 1.54) is 19.6 Å². The highest BCUT2D eigenvalue weighted by molar-refractivity contribution is 9.10. The van der Waals surface area contributed by atoms with Gasteiger partial charge in [0.1, 0.15) is 11.6 Å². The summed E-state index contributed by atoms with van der Waals surface area (Å²) in [7, 11) is 1.44. The van der Waals surface area contributed by atoms with Gasteiger partial charge in [0.05, 0.1) is 7.11 Å². The van der Waals surface area contributed by atoms with Crippen molar-refractivity contribution in [3.63, 3.8) is 0 Å². The first-order valence-corrected chi connectivity index (χ1v) is 8.33. The minimum Gasteiger partial charge on any atom is -0.504 e. The predicted octanol–water partition coefficient (Wildman–Crippen LogP) is 3.52. The van der Waals surface area contributed by atoms with Crippen LogP contribution in [0.2, 0.25) is 0 Å². The van der Waals surface area contributed by atoms with Gasteiger partial charge in [-0.15, -0.1) is 0 Å². The first-order chi connectivity index (χ1) is 11.0. The van der Waals surface area contributed by atoms with Crippen molar-refractivity contribution in [1.29, 1.82) is 5.26 Å². The minimum absolute atomic E-state index is 0.0361. The van der Waals surface area contributed by atoms with E-state index in [0.29, 0.717) is 10.0 Å². The van der Waals surface area contributed by atoms with Gasteiger partial charge in [0.25, 0.3) is 5.91 Å². The molecule has 1 amide bonds. The summed E-state index contributed by atoms with van der Waals surface area (Å²) in [6.45, 7) is 0. The number of carbonyl (C=O) groups excluding carboxylic acids is 1. The summed E-state index contributed by atoms with van der Waals surface area (Å²) in [6.07, 6.45) is 6.65. The summed E-state index contributed by atoms with van der Waals surface area (Å²) >= 11 is 3.31. The summed E-state index contributed by atoms with van der Waals surface area (Å²) in [6, 6.07) is 5.27. The molecule has 5 nitrogen and oxygen atoms in total. The van der Waals surface area contributed by atoms with Gasteiger partial charge in [-0.05, 0) is 31.1 Å². The standard InChI is InChI=1S/C17H19BrN2O3/c1-23-15-9-13(18)8-11(16(15)21)7-12(10-19)17(22)20-14-5-3-2-4-6-14/h7-9,14,21H,2-6H2,1H3,(H,20,22)/b12-7+. The smallest absolute Gasteiger partial charge is 0.262 e. The fourth-order valence-corrected chi connectivity index (χ4v) is 3.13. The van der Waals surface area contributed by atoms with Crippen molar-refractivity contribution in [1.82, 2.24) is 5.32 Å². The number of nitrogens with one attached hydrogen (secondary N) is 1. The Labute approximate surface area is 144 Å². The lowest BCUT2D eigenvalue weighted by atomic mass is 9.95. The predicted molar refractivity (Wildman–Crippen MR) is 91.0 cm³/mol. The number of methoxy groups -OCH3 is 1. The average molecular weight is 379 g/mol. The maximum Gasteiger partial charge on any atom is 0.262 e. The Morgan fingerprint density at radius 3 is 2.74 bits per heavy atom. The van der Waals surface area contributed by atoms with Gasteiger partial charge < -0.3 is 15.2 Å². The van der Waals surface area contributed by atoms with E-state index >= 15 is 0 Å². The molecule has 1 aromatic carbocycles. The van der Waals surface area contributed by atoms with Crippen LogP contribution in [0, 0.1) is 11.3 Å². The van der Waals surface area contributed by atoms with E-state index in [1.807, 2.05) is 6.07 Å².